The summed E-state index contributed by atoms with van der Waals surface area (Å²) in [4.78, 5) is 13.3. The van der Waals surface area contributed by atoms with Crippen LogP contribution in [0.3, 0.4) is 0 Å². The first-order chi connectivity index (χ1) is 9.81. The lowest BCUT2D eigenvalue weighted by atomic mass is 10.1. The van der Waals surface area contributed by atoms with Crippen LogP contribution in [-0.4, -0.2) is 37.6 Å². The van der Waals surface area contributed by atoms with Crippen molar-refractivity contribution in [2.75, 3.05) is 20.6 Å². The smallest absolute Gasteiger partial charge is 0.262 e. The summed E-state index contributed by atoms with van der Waals surface area (Å²) in [6.45, 7) is 7.24. The molecule has 0 aliphatic heterocycles. The molecule has 4 nitrogen and oxygen atoms in total. The summed E-state index contributed by atoms with van der Waals surface area (Å²) in [7, 11) is 3.36. The third-order valence-electron chi connectivity index (χ3n) is 2.98. The van der Waals surface area contributed by atoms with E-state index in [4.69, 9.17) is 4.74 Å². The first-order valence-corrected chi connectivity index (χ1v) is 7.18. The lowest BCUT2D eigenvalue weighted by molar-refractivity contribution is -0.135. The van der Waals surface area contributed by atoms with Crippen LogP contribution in [0.1, 0.15) is 26.3 Å². The van der Waals surface area contributed by atoms with Crippen LogP contribution in [0.2, 0.25) is 0 Å². The predicted molar refractivity (Wildman–Crippen MR) is 81.7 cm³/mol. The number of hydrogen-bond donors (Lipinski definition) is 1. The summed E-state index contributed by atoms with van der Waals surface area (Å²) in [6, 6.07) is 4.35. The number of carbonyl (C=O) groups excluding carboxylic acids is 1. The van der Waals surface area contributed by atoms with E-state index in [9.17, 15) is 9.18 Å². The van der Waals surface area contributed by atoms with Crippen LogP contribution in [0, 0.1) is 11.7 Å². The standard InChI is InChI=1S/C16H25FN2O2/c1-11(2)9-18-10-13-8-14(17)6-7-15(13)21-12(3)16(20)19(4)5/h6-8,11-12,18H,9-10H2,1-5H3. The molecule has 0 aromatic heterocycles. The maximum absolute atomic E-state index is 13.4. The normalized spacial score (nSPS) is 12.3. The van der Waals surface area contributed by atoms with Crippen LogP contribution < -0.4 is 10.1 Å². The molecule has 1 unspecified atom stereocenters. The summed E-state index contributed by atoms with van der Waals surface area (Å²) in [6.07, 6.45) is -0.602. The Morgan fingerprint density at radius 1 is 1.33 bits per heavy atom. The number of nitrogens with zero attached hydrogens (tertiary/aromatic N) is 1. The van der Waals surface area contributed by atoms with E-state index in [0.29, 0.717) is 23.8 Å². The van der Waals surface area contributed by atoms with Gasteiger partial charge in [-0.2, -0.15) is 0 Å². The number of rotatable bonds is 7. The van der Waals surface area contributed by atoms with Crippen molar-refractivity contribution < 1.29 is 13.9 Å². The average molecular weight is 296 g/mol. The van der Waals surface area contributed by atoms with Gasteiger partial charge in [-0.05, 0) is 37.6 Å². The van der Waals surface area contributed by atoms with Crippen LogP contribution in [0.15, 0.2) is 18.2 Å². The Morgan fingerprint density at radius 2 is 2.00 bits per heavy atom. The van der Waals surface area contributed by atoms with E-state index in [0.717, 1.165) is 6.54 Å². The van der Waals surface area contributed by atoms with Gasteiger partial charge >= 0.3 is 0 Å². The van der Waals surface area contributed by atoms with Gasteiger partial charge in [0.25, 0.3) is 5.91 Å². The Labute approximate surface area is 126 Å². The molecule has 1 atom stereocenters. The highest BCUT2D eigenvalue weighted by molar-refractivity contribution is 5.80. The zero-order valence-electron chi connectivity index (χ0n) is 13.4. The Balaban J connectivity index is 2.78. The second kappa shape index (κ2) is 7.98. The fourth-order valence-corrected chi connectivity index (χ4v) is 1.90. The topological polar surface area (TPSA) is 41.6 Å². The van der Waals surface area contributed by atoms with Gasteiger partial charge in [0.15, 0.2) is 6.10 Å². The van der Waals surface area contributed by atoms with Gasteiger partial charge in [0.05, 0.1) is 0 Å². The van der Waals surface area contributed by atoms with Gasteiger partial charge in [0, 0.05) is 26.2 Å². The van der Waals surface area contributed by atoms with E-state index in [1.807, 2.05) is 0 Å². The van der Waals surface area contributed by atoms with Crippen LogP contribution >= 0.6 is 0 Å². The van der Waals surface area contributed by atoms with Gasteiger partial charge in [-0.1, -0.05) is 13.8 Å². The molecule has 0 saturated carbocycles. The average Bonchev–Trinajstić information content (AvgIpc) is 2.40. The largest absolute Gasteiger partial charge is 0.481 e. The molecule has 1 aromatic rings. The summed E-state index contributed by atoms with van der Waals surface area (Å²) < 4.78 is 19.1. The van der Waals surface area contributed by atoms with Gasteiger partial charge < -0.3 is 15.0 Å². The van der Waals surface area contributed by atoms with Crippen molar-refractivity contribution in [1.82, 2.24) is 10.2 Å². The molecule has 5 heteroatoms. The van der Waals surface area contributed by atoms with Crippen LogP contribution in [0.25, 0.3) is 0 Å². The number of nitrogens with one attached hydrogen (secondary N) is 1. The molecule has 1 rings (SSSR count). The van der Waals surface area contributed by atoms with E-state index in [1.54, 1.807) is 27.1 Å². The molecular weight excluding hydrogens is 271 g/mol. The summed E-state index contributed by atoms with van der Waals surface area (Å²) >= 11 is 0. The van der Waals surface area contributed by atoms with E-state index in [2.05, 4.69) is 19.2 Å². The fourth-order valence-electron chi connectivity index (χ4n) is 1.90. The molecule has 0 aliphatic rings. The second-order valence-corrected chi connectivity index (χ2v) is 5.77. The minimum absolute atomic E-state index is 0.125. The van der Waals surface area contributed by atoms with Gasteiger partial charge in [-0.25, -0.2) is 4.39 Å². The highest BCUT2D eigenvalue weighted by atomic mass is 19.1. The monoisotopic (exact) mass is 296 g/mol. The molecule has 118 valence electrons. The molecule has 21 heavy (non-hydrogen) atoms. The minimum atomic E-state index is -0.602. The van der Waals surface area contributed by atoms with Crippen molar-refractivity contribution in [2.45, 2.75) is 33.4 Å². The van der Waals surface area contributed by atoms with Crippen molar-refractivity contribution in [2.24, 2.45) is 5.92 Å². The first kappa shape index (κ1) is 17.4. The Kier molecular flexibility index (Phi) is 6.62. The molecule has 1 aromatic carbocycles. The molecule has 1 N–H and O–H groups in total. The number of benzene rings is 1. The number of carbonyl (C=O) groups is 1. The van der Waals surface area contributed by atoms with Crippen molar-refractivity contribution in [1.29, 1.82) is 0 Å². The van der Waals surface area contributed by atoms with E-state index < -0.39 is 6.10 Å². The number of hydrogen-bond acceptors (Lipinski definition) is 3. The number of halogens is 1. The zero-order valence-corrected chi connectivity index (χ0v) is 13.4. The van der Waals surface area contributed by atoms with Gasteiger partial charge in [-0.3, -0.25) is 4.79 Å². The molecule has 0 fully saturated rings. The third kappa shape index (κ3) is 5.71. The predicted octanol–water partition coefficient (Wildman–Crippen LogP) is 2.43. The number of likely N-dealkylation sites (N-methyl/N-ethyl adjacent to an activating group) is 1. The van der Waals surface area contributed by atoms with Crippen LogP contribution in [0.4, 0.5) is 4.39 Å². The van der Waals surface area contributed by atoms with Gasteiger partial charge in [0.1, 0.15) is 11.6 Å². The van der Waals surface area contributed by atoms with Crippen molar-refractivity contribution in [3.8, 4) is 5.75 Å². The van der Waals surface area contributed by atoms with E-state index in [1.165, 1.54) is 17.0 Å². The molecule has 0 radical (unpaired) electrons. The van der Waals surface area contributed by atoms with Crippen LogP contribution in [-0.2, 0) is 11.3 Å². The summed E-state index contributed by atoms with van der Waals surface area (Å²) in [5.41, 5.74) is 0.717. The fraction of sp³-hybridized carbons (Fsp3) is 0.562. The zero-order chi connectivity index (χ0) is 16.0. The van der Waals surface area contributed by atoms with Crippen molar-refractivity contribution >= 4 is 5.91 Å². The van der Waals surface area contributed by atoms with E-state index in [-0.39, 0.29) is 11.7 Å². The molecule has 0 bridgehead atoms. The minimum Gasteiger partial charge on any atom is -0.481 e. The summed E-state index contributed by atoms with van der Waals surface area (Å²) in [5, 5.41) is 3.25. The maximum atomic E-state index is 13.4. The van der Waals surface area contributed by atoms with Crippen LogP contribution in [0.5, 0.6) is 5.75 Å². The third-order valence-corrected chi connectivity index (χ3v) is 2.98. The molecule has 0 saturated heterocycles. The number of ether oxygens (including phenoxy) is 1. The summed E-state index contributed by atoms with van der Waals surface area (Å²) in [5.74, 6) is 0.614. The Morgan fingerprint density at radius 3 is 2.57 bits per heavy atom. The quantitative estimate of drug-likeness (QED) is 0.840. The highest BCUT2D eigenvalue weighted by Gasteiger charge is 2.18. The van der Waals surface area contributed by atoms with E-state index >= 15 is 0 Å². The second-order valence-electron chi connectivity index (χ2n) is 5.77. The Hall–Kier alpha value is -1.62. The number of amides is 1. The Bertz CT molecular complexity index is 475. The molecule has 1 amide bonds. The molecule has 0 heterocycles. The van der Waals surface area contributed by atoms with Crippen molar-refractivity contribution in [3.63, 3.8) is 0 Å². The van der Waals surface area contributed by atoms with Gasteiger partial charge in [-0.15, -0.1) is 0 Å². The maximum Gasteiger partial charge on any atom is 0.262 e. The lowest BCUT2D eigenvalue weighted by Gasteiger charge is -2.20. The SMILES string of the molecule is CC(C)CNCc1cc(F)ccc1OC(C)C(=O)N(C)C. The first-order valence-electron chi connectivity index (χ1n) is 7.18. The lowest BCUT2D eigenvalue weighted by Crippen LogP contribution is -2.35. The molecule has 0 spiro atoms. The van der Waals surface area contributed by atoms with Gasteiger partial charge in [0.2, 0.25) is 0 Å². The highest BCUT2D eigenvalue weighted by Crippen LogP contribution is 2.21. The molecule has 0 aliphatic carbocycles. The molecular formula is C16H25FN2O2. The van der Waals surface area contributed by atoms with Crippen molar-refractivity contribution in [3.05, 3.63) is 29.6 Å².